The van der Waals surface area contributed by atoms with Crippen LogP contribution < -0.4 is 15.4 Å². The van der Waals surface area contributed by atoms with Crippen molar-refractivity contribution in [3.05, 3.63) is 71.8 Å². The third-order valence-corrected chi connectivity index (χ3v) is 9.53. The molecular formula is C33H42N3O8PS+2. The lowest BCUT2D eigenvalue weighted by atomic mass is 9.90. The van der Waals surface area contributed by atoms with E-state index in [4.69, 9.17) is 4.74 Å². The first-order valence-electron chi connectivity index (χ1n) is 15.1. The topological polar surface area (TPSA) is 163 Å². The molecule has 0 saturated carbocycles. The number of rotatable bonds is 16. The molecule has 1 heterocycles. The normalized spacial score (nSPS) is 14.1. The number of aromatic nitrogens is 1. The number of aliphatic carboxylic acids is 1. The zero-order chi connectivity index (χ0) is 34.0. The molecular weight excluding hydrogens is 629 g/mol. The molecule has 3 aromatic rings. The van der Waals surface area contributed by atoms with E-state index in [0.29, 0.717) is 10.5 Å². The molecule has 2 amide bonds. The van der Waals surface area contributed by atoms with Gasteiger partial charge in [-0.25, -0.2) is 9.59 Å². The van der Waals surface area contributed by atoms with Crippen LogP contribution in [0.4, 0.5) is 0 Å². The smallest absolute Gasteiger partial charge is 0.361 e. The van der Waals surface area contributed by atoms with E-state index < -0.39 is 49.5 Å². The van der Waals surface area contributed by atoms with Crippen LogP contribution in [0.25, 0.3) is 10.9 Å². The number of pyridine rings is 1. The minimum Gasteiger partial charge on any atom is -0.480 e. The van der Waals surface area contributed by atoms with Crippen LogP contribution in [-0.4, -0.2) is 57.7 Å². The second kappa shape index (κ2) is 16.6. The van der Waals surface area contributed by atoms with Crippen LogP contribution in [0.15, 0.2) is 65.7 Å². The zero-order valence-electron chi connectivity index (χ0n) is 26.6. The third-order valence-electron chi connectivity index (χ3n) is 7.19. The Hall–Kier alpha value is -3.86. The summed E-state index contributed by atoms with van der Waals surface area (Å²) in [6.45, 7) is 9.28. The number of hydrogen-bond donors (Lipinski definition) is 4. The highest BCUT2D eigenvalue weighted by molar-refractivity contribution is 7.99. The molecule has 1 aromatic heterocycles. The lowest BCUT2D eigenvalue weighted by Gasteiger charge is -2.27. The number of fused-ring (bicyclic) bond motifs is 1. The predicted molar refractivity (Wildman–Crippen MR) is 177 cm³/mol. The third kappa shape index (κ3) is 9.57. The van der Waals surface area contributed by atoms with E-state index in [1.165, 1.54) is 10.7 Å². The number of amides is 2. The highest BCUT2D eigenvalue weighted by atomic mass is 32.2. The highest BCUT2D eigenvalue weighted by Crippen LogP contribution is 2.38. The van der Waals surface area contributed by atoms with Crippen LogP contribution in [0.2, 0.25) is 0 Å². The molecule has 0 saturated heterocycles. The van der Waals surface area contributed by atoms with Crippen molar-refractivity contribution in [1.82, 2.24) is 5.32 Å². The summed E-state index contributed by atoms with van der Waals surface area (Å²) in [5.41, 5.74) is 3.93. The maximum atomic E-state index is 13.5. The molecule has 3 unspecified atom stereocenters. The first kappa shape index (κ1) is 36.6. The standard InChI is InChI=1S/C33H40N3O8PS/c1-6-44-32(41)24-12-9-11-23(18-24)29(37)35-36-27-13-8-7-10-22(27)14-15-28(36)46-19-33(42,45-43)25(16-20(2)3)30(38)34-26(31(39)40)17-21(4)5/h7-15,18,20-21,25-26,42H,6,16-17,19H2,1-5H3,(H2-,34,35,37,38,39,40)/p+2/t25?,26-,33?/m0/s1. The molecule has 0 spiro atoms. The van der Waals surface area contributed by atoms with Gasteiger partial charge in [-0.05, 0) is 73.7 Å². The summed E-state index contributed by atoms with van der Waals surface area (Å²) >= 11 is 1.09. The van der Waals surface area contributed by atoms with E-state index in [9.17, 15) is 34.0 Å². The number of thioether (sulfide) groups is 1. The van der Waals surface area contributed by atoms with Crippen molar-refractivity contribution < 1.29 is 43.4 Å². The molecule has 4 N–H and O–H groups in total. The van der Waals surface area contributed by atoms with Crippen molar-refractivity contribution in [2.24, 2.45) is 17.8 Å². The largest absolute Gasteiger partial charge is 0.480 e. The van der Waals surface area contributed by atoms with Crippen molar-refractivity contribution in [2.45, 2.75) is 63.9 Å². The second-order valence-corrected chi connectivity index (χ2v) is 13.9. The molecule has 46 heavy (non-hydrogen) atoms. The Morgan fingerprint density at radius 2 is 1.63 bits per heavy atom. The molecule has 0 aliphatic rings. The van der Waals surface area contributed by atoms with Crippen LogP contribution in [0.5, 0.6) is 0 Å². The van der Waals surface area contributed by atoms with Crippen molar-refractivity contribution in [2.75, 3.05) is 17.8 Å². The number of hydrogen-bond acceptors (Lipinski definition) is 8. The summed E-state index contributed by atoms with van der Waals surface area (Å²) in [6.07, 6.45) is 0.360. The number of nitrogens with one attached hydrogen (secondary N) is 2. The number of esters is 1. The van der Waals surface area contributed by atoms with E-state index in [1.54, 1.807) is 43.3 Å². The van der Waals surface area contributed by atoms with Crippen LogP contribution in [-0.2, 0) is 18.9 Å². The number of benzene rings is 2. The average Bonchev–Trinajstić information content (AvgIpc) is 3.02. The fourth-order valence-electron chi connectivity index (χ4n) is 4.92. The van der Waals surface area contributed by atoms with Gasteiger partial charge in [0, 0.05) is 23.1 Å². The molecule has 11 nitrogen and oxygen atoms in total. The van der Waals surface area contributed by atoms with Crippen LogP contribution in [0.3, 0.4) is 0 Å². The van der Waals surface area contributed by atoms with Crippen LogP contribution >= 0.6 is 20.2 Å². The monoisotopic (exact) mass is 671 g/mol. The fourth-order valence-corrected chi connectivity index (χ4v) is 6.77. The van der Waals surface area contributed by atoms with Crippen LogP contribution in [0, 0.1) is 17.8 Å². The number of carbonyl (C=O) groups is 4. The van der Waals surface area contributed by atoms with Gasteiger partial charge in [0.25, 0.3) is 10.4 Å². The van der Waals surface area contributed by atoms with Gasteiger partial charge >= 0.3 is 26.3 Å². The van der Waals surface area contributed by atoms with Gasteiger partial charge in [0.2, 0.25) is 11.4 Å². The second-order valence-electron chi connectivity index (χ2n) is 11.8. The Morgan fingerprint density at radius 3 is 2.26 bits per heavy atom. The Balaban J connectivity index is 1.95. The Labute approximate surface area is 274 Å². The molecule has 0 fully saturated rings. The van der Waals surface area contributed by atoms with E-state index in [0.717, 1.165) is 17.1 Å². The number of aliphatic hydroxyl groups is 1. The molecule has 3 rings (SSSR count). The van der Waals surface area contributed by atoms with Crippen molar-refractivity contribution in [1.29, 1.82) is 0 Å². The summed E-state index contributed by atoms with van der Waals surface area (Å²) in [7, 11) is -1.30. The molecule has 4 atom stereocenters. The Morgan fingerprint density at radius 1 is 0.957 bits per heavy atom. The van der Waals surface area contributed by atoms with Gasteiger partial charge in [-0.3, -0.25) is 9.59 Å². The van der Waals surface area contributed by atoms with Gasteiger partial charge in [0.15, 0.2) is 0 Å². The van der Waals surface area contributed by atoms with Gasteiger partial charge < -0.3 is 20.3 Å². The Bertz CT molecular complexity index is 1580. The lowest BCUT2D eigenvalue weighted by molar-refractivity contribution is -0.653. The first-order valence-corrected chi connectivity index (χ1v) is 17.0. The average molecular weight is 672 g/mol. The van der Waals surface area contributed by atoms with Gasteiger partial charge in [-0.2, -0.15) is 0 Å². The van der Waals surface area contributed by atoms with Crippen molar-refractivity contribution in [3.8, 4) is 0 Å². The van der Waals surface area contributed by atoms with Gasteiger partial charge in [0.1, 0.15) is 12.0 Å². The molecule has 13 heteroatoms. The van der Waals surface area contributed by atoms with Crippen molar-refractivity contribution in [3.63, 3.8) is 0 Å². The molecule has 0 bridgehead atoms. The van der Waals surface area contributed by atoms with Gasteiger partial charge in [0.05, 0.1) is 17.9 Å². The van der Waals surface area contributed by atoms with Gasteiger partial charge in [-0.1, -0.05) is 55.1 Å². The molecule has 0 aliphatic heterocycles. The zero-order valence-corrected chi connectivity index (χ0v) is 28.4. The number of carboxylic acid groups (broad SMARTS) is 1. The summed E-state index contributed by atoms with van der Waals surface area (Å²) in [5.74, 6) is -4.39. The first-order chi connectivity index (χ1) is 21.8. The molecule has 0 radical (unpaired) electrons. The van der Waals surface area contributed by atoms with E-state index in [1.807, 2.05) is 45.9 Å². The van der Waals surface area contributed by atoms with Crippen LogP contribution in [0.1, 0.15) is 68.2 Å². The summed E-state index contributed by atoms with van der Waals surface area (Å²) in [4.78, 5) is 51.1. The molecule has 0 aliphatic carbocycles. The lowest BCUT2D eigenvalue weighted by Crippen LogP contribution is -2.52. The fraction of sp³-hybridized carbons (Fsp3) is 0.424. The highest BCUT2D eigenvalue weighted by Gasteiger charge is 2.50. The maximum Gasteiger partial charge on any atom is 0.361 e. The van der Waals surface area contributed by atoms with Crippen molar-refractivity contribution >= 4 is 54.9 Å². The molecule has 2 aromatic carbocycles. The number of para-hydroxylation sites is 1. The summed E-state index contributed by atoms with van der Waals surface area (Å²) < 4.78 is 19.2. The minimum atomic E-state index is -2.01. The van der Waals surface area contributed by atoms with Gasteiger partial charge in [-0.15, -0.1) is 5.43 Å². The van der Waals surface area contributed by atoms with E-state index >= 15 is 0 Å². The number of ether oxygens (including phenoxy) is 1. The minimum absolute atomic E-state index is 0.00744. The van der Waals surface area contributed by atoms with E-state index in [-0.39, 0.29) is 48.2 Å². The predicted octanol–water partition coefficient (Wildman–Crippen LogP) is 4.77. The quantitative estimate of drug-likeness (QED) is 0.0727. The summed E-state index contributed by atoms with van der Waals surface area (Å²) in [6, 6.07) is 15.8. The Kier molecular flexibility index (Phi) is 13.2. The number of carbonyl (C=O) groups excluding carboxylic acids is 3. The maximum absolute atomic E-state index is 13.5. The number of nitrogens with zero attached hydrogens (tertiary/aromatic N) is 1. The SMILES string of the molecule is CCOC(=O)c1cccc(C(=O)N[n+]2c(SCC(O)([PH+]=O)C(CC(C)C)C(=O)N[C@@H](CC(C)C)C(=O)O)ccc3ccccc32)c1. The van der Waals surface area contributed by atoms with E-state index in [2.05, 4.69) is 10.7 Å². The summed E-state index contributed by atoms with van der Waals surface area (Å²) in [5, 5.41) is 23.2. The molecule has 246 valence electrons. The number of carboxylic acids is 1.